The number of nitrogens with one attached hydrogen (secondary N) is 2. The summed E-state index contributed by atoms with van der Waals surface area (Å²) >= 11 is 0. The van der Waals surface area contributed by atoms with Crippen LogP contribution in [0.5, 0.6) is 5.75 Å². The van der Waals surface area contributed by atoms with Gasteiger partial charge in [0.15, 0.2) is 0 Å². The van der Waals surface area contributed by atoms with E-state index < -0.39 is 12.2 Å². The van der Waals surface area contributed by atoms with Crippen molar-refractivity contribution in [1.29, 1.82) is 0 Å². The van der Waals surface area contributed by atoms with Crippen LogP contribution in [0.4, 0.5) is 21.0 Å². The first-order chi connectivity index (χ1) is 23.5. The molecule has 6 rings (SSSR count). The van der Waals surface area contributed by atoms with Gasteiger partial charge in [-0.1, -0.05) is 78.9 Å². The number of aromatic nitrogens is 3. The van der Waals surface area contributed by atoms with E-state index >= 15 is 0 Å². The Morgan fingerprint density at radius 2 is 1.25 bits per heavy atom. The molecule has 0 unspecified atom stereocenters. The lowest BCUT2D eigenvalue weighted by Gasteiger charge is -2.10. The predicted molar refractivity (Wildman–Crippen MR) is 185 cm³/mol. The summed E-state index contributed by atoms with van der Waals surface area (Å²) in [7, 11) is 0. The lowest BCUT2D eigenvalue weighted by molar-refractivity contribution is 0.163. The second kappa shape index (κ2) is 15.2. The molecule has 5 aromatic carbocycles. The van der Waals surface area contributed by atoms with Crippen LogP contribution in [0.25, 0.3) is 22.8 Å². The van der Waals surface area contributed by atoms with Crippen LogP contribution in [0, 0.1) is 0 Å². The van der Waals surface area contributed by atoms with Crippen LogP contribution in [-0.4, -0.2) is 45.5 Å². The minimum Gasteiger partial charge on any atom is -0.506 e. The Hall–Kier alpha value is -6.42. The molecule has 0 saturated carbocycles. The molecular formula is C38H33N5O5. The van der Waals surface area contributed by atoms with Gasteiger partial charge in [-0.05, 0) is 83.3 Å². The van der Waals surface area contributed by atoms with Crippen molar-refractivity contribution in [2.24, 2.45) is 0 Å². The van der Waals surface area contributed by atoms with Gasteiger partial charge in [-0.3, -0.25) is 10.6 Å². The third-order valence-corrected chi connectivity index (χ3v) is 7.40. The van der Waals surface area contributed by atoms with Crippen molar-refractivity contribution in [3.63, 3.8) is 0 Å². The zero-order chi connectivity index (χ0) is 33.1. The van der Waals surface area contributed by atoms with E-state index in [1.54, 1.807) is 24.3 Å². The maximum absolute atomic E-state index is 12.4. The maximum atomic E-state index is 12.4. The Morgan fingerprint density at radius 3 is 1.88 bits per heavy atom. The average Bonchev–Trinajstić information content (AvgIpc) is 3.54. The summed E-state index contributed by atoms with van der Waals surface area (Å²) in [6, 6.07) is 37.5. The highest BCUT2D eigenvalue weighted by Crippen LogP contribution is 2.23. The fourth-order valence-corrected chi connectivity index (χ4v) is 4.94. The lowest BCUT2D eigenvalue weighted by Crippen LogP contribution is -2.15. The van der Waals surface area contributed by atoms with Gasteiger partial charge in [-0.25, -0.2) is 9.59 Å². The number of carbonyl (C=O) groups excluding carboxylic acids is 2. The number of phenolic OH excluding ortho intramolecular Hbond substituents is 1. The molecule has 6 aromatic rings. The summed E-state index contributed by atoms with van der Waals surface area (Å²) in [5, 5.41) is 24.7. The summed E-state index contributed by atoms with van der Waals surface area (Å²) in [5.41, 5.74) is 7.17. The molecule has 0 bridgehead atoms. The molecule has 2 amide bonds. The zero-order valence-electron chi connectivity index (χ0n) is 26.0. The summed E-state index contributed by atoms with van der Waals surface area (Å²) in [6.07, 6.45) is 3.74. The second-order valence-corrected chi connectivity index (χ2v) is 10.9. The first kappa shape index (κ1) is 31.6. The number of ether oxygens (including phenoxy) is 2. The number of phenols is 1. The van der Waals surface area contributed by atoms with E-state index in [0.717, 1.165) is 33.3 Å². The van der Waals surface area contributed by atoms with Crippen molar-refractivity contribution >= 4 is 40.7 Å². The Balaban J connectivity index is 0.924. The highest BCUT2D eigenvalue weighted by atomic mass is 16.6. The number of fused-ring (bicyclic) bond motifs is 1. The molecule has 10 heteroatoms. The summed E-state index contributed by atoms with van der Waals surface area (Å²) in [4.78, 5) is 25.9. The first-order valence-corrected chi connectivity index (χ1v) is 15.4. The lowest BCUT2D eigenvalue weighted by atomic mass is 10.0. The van der Waals surface area contributed by atoms with E-state index in [1.807, 2.05) is 109 Å². The van der Waals surface area contributed by atoms with Crippen LogP contribution in [0.15, 0.2) is 127 Å². The Bertz CT molecular complexity index is 1990. The van der Waals surface area contributed by atoms with E-state index in [9.17, 15) is 14.7 Å². The van der Waals surface area contributed by atoms with Crippen molar-refractivity contribution in [3.05, 3.63) is 150 Å². The molecule has 0 aliphatic heterocycles. The largest absolute Gasteiger partial charge is 0.506 e. The van der Waals surface area contributed by atoms with Crippen LogP contribution in [0.1, 0.15) is 22.3 Å². The monoisotopic (exact) mass is 639 g/mol. The number of anilines is 2. The maximum Gasteiger partial charge on any atom is 0.411 e. The molecule has 0 aliphatic rings. The normalized spacial score (nSPS) is 11.0. The Kier molecular flexibility index (Phi) is 10.0. The van der Waals surface area contributed by atoms with Gasteiger partial charge in [0.05, 0.1) is 6.61 Å². The molecule has 240 valence electrons. The van der Waals surface area contributed by atoms with E-state index in [2.05, 4.69) is 20.8 Å². The van der Waals surface area contributed by atoms with Gasteiger partial charge in [0, 0.05) is 17.8 Å². The molecule has 0 saturated heterocycles. The van der Waals surface area contributed by atoms with Gasteiger partial charge in [-0.15, -0.1) is 15.0 Å². The molecule has 3 N–H and O–H groups in total. The quantitative estimate of drug-likeness (QED) is 0.132. The molecule has 1 heterocycles. The molecular weight excluding hydrogens is 606 g/mol. The van der Waals surface area contributed by atoms with Crippen molar-refractivity contribution in [3.8, 4) is 11.4 Å². The van der Waals surface area contributed by atoms with E-state index in [1.165, 1.54) is 4.80 Å². The molecule has 0 fully saturated rings. The molecule has 48 heavy (non-hydrogen) atoms. The number of hydrogen-bond donors (Lipinski definition) is 3. The molecule has 0 atom stereocenters. The molecule has 0 aliphatic carbocycles. The average molecular weight is 640 g/mol. The fraction of sp³-hybridized carbons (Fsp3) is 0.105. The Labute approximate surface area is 277 Å². The van der Waals surface area contributed by atoms with Gasteiger partial charge in [0.2, 0.25) is 0 Å². The van der Waals surface area contributed by atoms with E-state index in [0.29, 0.717) is 29.9 Å². The number of rotatable bonds is 11. The Morgan fingerprint density at radius 1 is 0.688 bits per heavy atom. The third-order valence-electron chi connectivity index (χ3n) is 7.40. The summed E-state index contributed by atoms with van der Waals surface area (Å²) in [5.74, 6) is 0.0519. The predicted octanol–water partition coefficient (Wildman–Crippen LogP) is 7.77. The van der Waals surface area contributed by atoms with Crippen LogP contribution < -0.4 is 10.6 Å². The highest BCUT2D eigenvalue weighted by molar-refractivity contribution is 5.85. The SMILES string of the molecule is O=C(Nc1ccc(Cc2ccc(NC(=O)OCCc3ccc(O)c(-n4nc5ccccc5n4)c3)cc2)cc1)OCC=Cc1ccccc1. The number of carbonyl (C=O) groups is 2. The van der Waals surface area contributed by atoms with E-state index in [-0.39, 0.29) is 19.0 Å². The van der Waals surface area contributed by atoms with Crippen molar-refractivity contribution in [1.82, 2.24) is 15.0 Å². The number of nitrogens with zero attached hydrogens (tertiary/aromatic N) is 3. The number of hydrogen-bond acceptors (Lipinski definition) is 7. The number of amides is 2. The molecule has 0 spiro atoms. The fourth-order valence-electron chi connectivity index (χ4n) is 4.94. The number of aromatic hydroxyl groups is 1. The number of benzene rings is 5. The van der Waals surface area contributed by atoms with Crippen LogP contribution in [-0.2, 0) is 22.3 Å². The van der Waals surface area contributed by atoms with Crippen LogP contribution in [0.3, 0.4) is 0 Å². The summed E-state index contributed by atoms with van der Waals surface area (Å²) < 4.78 is 10.6. The van der Waals surface area contributed by atoms with Gasteiger partial charge in [0.1, 0.15) is 29.1 Å². The van der Waals surface area contributed by atoms with Gasteiger partial charge >= 0.3 is 12.2 Å². The molecule has 1 aromatic heterocycles. The second-order valence-electron chi connectivity index (χ2n) is 10.9. The topological polar surface area (TPSA) is 128 Å². The highest BCUT2D eigenvalue weighted by Gasteiger charge is 2.11. The van der Waals surface area contributed by atoms with Crippen molar-refractivity contribution in [2.45, 2.75) is 12.8 Å². The van der Waals surface area contributed by atoms with Crippen molar-refractivity contribution < 1.29 is 24.2 Å². The standard InChI is InChI=1S/C38H33N5O5/c44-36-21-16-30(26-35(36)43-41-33-10-4-5-11-34(33)42-43)22-24-48-38(46)40-32-19-14-29(15-20-32)25-28-12-17-31(18-13-28)39-37(45)47-23-6-9-27-7-2-1-3-8-27/h1-21,26,44H,22-25H2,(H,39,45)(H,40,46). The minimum atomic E-state index is -0.560. The zero-order valence-corrected chi connectivity index (χ0v) is 26.0. The van der Waals surface area contributed by atoms with Gasteiger partial charge in [-0.2, -0.15) is 0 Å². The van der Waals surface area contributed by atoms with Gasteiger partial charge in [0.25, 0.3) is 0 Å². The molecule has 0 radical (unpaired) electrons. The van der Waals surface area contributed by atoms with Gasteiger partial charge < -0.3 is 14.6 Å². The molecule has 10 nitrogen and oxygen atoms in total. The van der Waals surface area contributed by atoms with Crippen LogP contribution >= 0.6 is 0 Å². The van der Waals surface area contributed by atoms with Crippen LogP contribution in [0.2, 0.25) is 0 Å². The van der Waals surface area contributed by atoms with Crippen molar-refractivity contribution in [2.75, 3.05) is 23.8 Å². The summed E-state index contributed by atoms with van der Waals surface area (Å²) in [6.45, 7) is 0.321. The smallest absolute Gasteiger partial charge is 0.411 e. The first-order valence-electron chi connectivity index (χ1n) is 15.4. The minimum absolute atomic E-state index is 0.0519. The van der Waals surface area contributed by atoms with E-state index in [4.69, 9.17) is 9.47 Å². The third kappa shape index (κ3) is 8.64.